The highest BCUT2D eigenvalue weighted by Gasteiger charge is 2.29. The largest absolute Gasteiger partial charge is 0.370 e. The predicted octanol–water partition coefficient (Wildman–Crippen LogP) is 2.72. The lowest BCUT2D eigenvalue weighted by Crippen LogP contribution is -2.40. The lowest BCUT2D eigenvalue weighted by Gasteiger charge is -2.36. The molecule has 0 unspecified atom stereocenters. The zero-order valence-corrected chi connectivity index (χ0v) is 15.9. The lowest BCUT2D eigenvalue weighted by molar-refractivity contribution is 0.132. The molecular weight excluding hydrogens is 324 g/mol. The smallest absolute Gasteiger partial charge is 0.222 e. The van der Waals surface area contributed by atoms with E-state index >= 15 is 0 Å². The fourth-order valence-corrected chi connectivity index (χ4v) is 4.97. The summed E-state index contributed by atoms with van der Waals surface area (Å²) in [6.07, 6.45) is 11.6. The van der Waals surface area contributed by atoms with Crippen LogP contribution in [0.5, 0.6) is 0 Å². The second-order valence-corrected chi connectivity index (χ2v) is 8.60. The number of aromatic nitrogens is 2. The van der Waals surface area contributed by atoms with Crippen molar-refractivity contribution in [2.45, 2.75) is 75.8 Å². The van der Waals surface area contributed by atoms with Gasteiger partial charge in [0.2, 0.25) is 5.95 Å². The second kappa shape index (κ2) is 8.09. The van der Waals surface area contributed by atoms with Crippen LogP contribution in [-0.4, -0.2) is 46.6 Å². The molecule has 144 valence electrons. The molecule has 2 aliphatic carbocycles. The molecule has 1 aromatic heterocycles. The van der Waals surface area contributed by atoms with E-state index in [0.717, 1.165) is 42.9 Å². The maximum atomic E-state index is 5.90. The highest BCUT2D eigenvalue weighted by molar-refractivity contribution is 5.42. The van der Waals surface area contributed by atoms with E-state index in [4.69, 9.17) is 11.5 Å². The highest BCUT2D eigenvalue weighted by atomic mass is 15.2. The Morgan fingerprint density at radius 2 is 1.81 bits per heavy atom. The lowest BCUT2D eigenvalue weighted by atomic mass is 9.78. The van der Waals surface area contributed by atoms with Crippen LogP contribution >= 0.6 is 0 Å². The van der Waals surface area contributed by atoms with E-state index in [-0.39, 0.29) is 0 Å². The van der Waals surface area contributed by atoms with Gasteiger partial charge in [0.25, 0.3) is 0 Å². The molecule has 1 saturated heterocycles. The van der Waals surface area contributed by atoms with Crippen LogP contribution in [-0.2, 0) is 0 Å². The molecule has 0 amide bonds. The van der Waals surface area contributed by atoms with Crippen LogP contribution < -0.4 is 16.8 Å². The van der Waals surface area contributed by atoms with E-state index in [9.17, 15) is 0 Å². The Morgan fingerprint density at radius 1 is 1.08 bits per heavy atom. The third kappa shape index (κ3) is 4.29. The van der Waals surface area contributed by atoms with Crippen molar-refractivity contribution in [3.8, 4) is 0 Å². The molecule has 6 heteroatoms. The second-order valence-electron chi connectivity index (χ2n) is 8.60. The Hall–Kier alpha value is -1.40. The van der Waals surface area contributed by atoms with Gasteiger partial charge in [-0.2, -0.15) is 4.98 Å². The van der Waals surface area contributed by atoms with Crippen molar-refractivity contribution in [2.24, 2.45) is 11.7 Å². The molecular formula is C20H34N6. The highest BCUT2D eigenvalue weighted by Crippen LogP contribution is 2.35. The summed E-state index contributed by atoms with van der Waals surface area (Å²) in [5.74, 6) is 2.53. The zero-order valence-electron chi connectivity index (χ0n) is 15.9. The summed E-state index contributed by atoms with van der Waals surface area (Å²) in [4.78, 5) is 11.5. The summed E-state index contributed by atoms with van der Waals surface area (Å²) >= 11 is 0. The van der Waals surface area contributed by atoms with E-state index in [1.165, 1.54) is 58.0 Å². The molecule has 1 aromatic rings. The molecule has 2 saturated carbocycles. The minimum Gasteiger partial charge on any atom is -0.370 e. The summed E-state index contributed by atoms with van der Waals surface area (Å²) in [7, 11) is 0. The Labute approximate surface area is 157 Å². The number of nitrogens with one attached hydrogen (secondary N) is 1. The summed E-state index contributed by atoms with van der Waals surface area (Å²) in [6.45, 7) is 3.55. The van der Waals surface area contributed by atoms with Crippen molar-refractivity contribution < 1.29 is 0 Å². The first-order valence-electron chi connectivity index (χ1n) is 10.6. The molecule has 26 heavy (non-hydrogen) atoms. The van der Waals surface area contributed by atoms with Crippen LogP contribution in [0.3, 0.4) is 0 Å². The van der Waals surface area contributed by atoms with Gasteiger partial charge in [0.1, 0.15) is 5.82 Å². The standard InChI is InChI=1S/C20H34N6/c21-16-11-15(12-16)18-13-19(25-20(22)24-18)23-8-5-14-6-9-26(10-7-14)17-3-1-2-4-17/h13-17H,1-12,21H2,(H3,22,23,24,25). The summed E-state index contributed by atoms with van der Waals surface area (Å²) < 4.78 is 0. The summed E-state index contributed by atoms with van der Waals surface area (Å²) in [5, 5.41) is 3.48. The van der Waals surface area contributed by atoms with Gasteiger partial charge in [-0.15, -0.1) is 0 Å². The van der Waals surface area contributed by atoms with Crippen LogP contribution in [0.25, 0.3) is 0 Å². The number of hydrogen-bond acceptors (Lipinski definition) is 6. The topological polar surface area (TPSA) is 93.1 Å². The number of nitrogens with zero attached hydrogens (tertiary/aromatic N) is 3. The van der Waals surface area contributed by atoms with Crippen LogP contribution in [0, 0.1) is 5.92 Å². The number of hydrogen-bond donors (Lipinski definition) is 3. The number of rotatable bonds is 6. The Bertz CT molecular complexity index is 586. The fraction of sp³-hybridized carbons (Fsp3) is 0.800. The first-order valence-corrected chi connectivity index (χ1v) is 10.6. The number of nitrogens with two attached hydrogens (primary N) is 2. The van der Waals surface area contributed by atoms with Crippen molar-refractivity contribution >= 4 is 11.8 Å². The first-order chi connectivity index (χ1) is 12.7. The molecule has 0 atom stereocenters. The van der Waals surface area contributed by atoms with Gasteiger partial charge in [0.05, 0.1) is 5.69 Å². The van der Waals surface area contributed by atoms with Gasteiger partial charge in [-0.3, -0.25) is 0 Å². The molecule has 2 heterocycles. The number of piperidine rings is 1. The van der Waals surface area contributed by atoms with E-state index < -0.39 is 0 Å². The molecule has 3 fully saturated rings. The Kier molecular flexibility index (Phi) is 5.60. The van der Waals surface area contributed by atoms with Crippen LogP contribution in [0.2, 0.25) is 0 Å². The third-order valence-electron chi connectivity index (χ3n) is 6.70. The maximum absolute atomic E-state index is 5.90. The van der Waals surface area contributed by atoms with Crippen molar-refractivity contribution in [1.29, 1.82) is 0 Å². The monoisotopic (exact) mass is 358 g/mol. The van der Waals surface area contributed by atoms with E-state index in [0.29, 0.717) is 17.9 Å². The Balaban J connectivity index is 1.21. The van der Waals surface area contributed by atoms with E-state index in [2.05, 4.69) is 26.3 Å². The van der Waals surface area contributed by atoms with Gasteiger partial charge in [0, 0.05) is 30.6 Å². The van der Waals surface area contributed by atoms with Gasteiger partial charge >= 0.3 is 0 Å². The average Bonchev–Trinajstić information content (AvgIpc) is 3.14. The molecule has 1 aliphatic heterocycles. The molecule has 5 N–H and O–H groups in total. The quantitative estimate of drug-likeness (QED) is 0.724. The third-order valence-corrected chi connectivity index (χ3v) is 6.70. The average molecular weight is 359 g/mol. The van der Waals surface area contributed by atoms with Crippen LogP contribution in [0.1, 0.15) is 69.4 Å². The van der Waals surface area contributed by atoms with Gasteiger partial charge in [-0.1, -0.05) is 12.8 Å². The molecule has 6 nitrogen and oxygen atoms in total. The number of anilines is 2. The van der Waals surface area contributed by atoms with Gasteiger partial charge in [0.15, 0.2) is 0 Å². The number of nitrogen functional groups attached to an aromatic ring is 1. The van der Waals surface area contributed by atoms with Crippen molar-refractivity contribution in [3.05, 3.63) is 11.8 Å². The Morgan fingerprint density at radius 3 is 2.50 bits per heavy atom. The molecule has 0 spiro atoms. The molecule has 0 bridgehead atoms. The fourth-order valence-electron chi connectivity index (χ4n) is 4.97. The van der Waals surface area contributed by atoms with E-state index in [1.54, 1.807) is 0 Å². The predicted molar refractivity (Wildman–Crippen MR) is 106 cm³/mol. The van der Waals surface area contributed by atoms with Gasteiger partial charge in [-0.25, -0.2) is 4.98 Å². The summed E-state index contributed by atoms with van der Waals surface area (Å²) in [6, 6.07) is 3.27. The maximum Gasteiger partial charge on any atom is 0.222 e. The minimum atomic E-state index is 0.322. The van der Waals surface area contributed by atoms with Crippen LogP contribution in [0.15, 0.2) is 6.07 Å². The SMILES string of the molecule is Nc1nc(NCCC2CCN(C3CCCC3)CC2)cc(C2CC(N)C2)n1. The van der Waals surface area contributed by atoms with Gasteiger partial charge in [-0.05, 0) is 64.0 Å². The minimum absolute atomic E-state index is 0.322. The zero-order chi connectivity index (χ0) is 17.9. The van der Waals surface area contributed by atoms with Crippen molar-refractivity contribution in [2.75, 3.05) is 30.7 Å². The van der Waals surface area contributed by atoms with Gasteiger partial charge < -0.3 is 21.7 Å². The van der Waals surface area contributed by atoms with Crippen molar-refractivity contribution in [1.82, 2.24) is 14.9 Å². The normalized spacial score (nSPS) is 28.2. The molecule has 3 aliphatic rings. The first kappa shape index (κ1) is 18.0. The summed E-state index contributed by atoms with van der Waals surface area (Å²) in [5.41, 5.74) is 12.8. The molecule has 0 radical (unpaired) electrons. The van der Waals surface area contributed by atoms with Crippen molar-refractivity contribution in [3.63, 3.8) is 0 Å². The molecule has 0 aromatic carbocycles. The number of likely N-dealkylation sites (tertiary alicyclic amines) is 1. The van der Waals surface area contributed by atoms with E-state index in [1.807, 2.05) is 0 Å². The molecule has 4 rings (SSSR count). The van der Waals surface area contributed by atoms with Crippen LogP contribution in [0.4, 0.5) is 11.8 Å².